The van der Waals surface area contributed by atoms with Crippen molar-refractivity contribution >= 4 is 18.3 Å². The Balaban J connectivity index is 0.00000306. The lowest BCUT2D eigenvalue weighted by atomic mass is 10.0. The largest absolute Gasteiger partial charge is 0.493 e. The van der Waals surface area contributed by atoms with Crippen LogP contribution in [0.4, 0.5) is 0 Å². The summed E-state index contributed by atoms with van der Waals surface area (Å²) in [5.41, 5.74) is 0.567. The Bertz CT molecular complexity index is 941. The number of fused-ring (bicyclic) bond motifs is 1. The van der Waals surface area contributed by atoms with Crippen molar-refractivity contribution in [2.75, 3.05) is 47.3 Å². The van der Waals surface area contributed by atoms with Crippen LogP contribution in [0.1, 0.15) is 29.6 Å². The number of hydrogen-bond donors (Lipinski definition) is 1. The minimum Gasteiger partial charge on any atom is -0.493 e. The predicted octanol–water partition coefficient (Wildman–Crippen LogP) is 3.52. The summed E-state index contributed by atoms with van der Waals surface area (Å²) in [6.45, 7) is 3.68. The highest BCUT2D eigenvalue weighted by molar-refractivity contribution is 5.95. The molecule has 0 saturated carbocycles. The lowest BCUT2D eigenvalue weighted by molar-refractivity contribution is 0.0900. The van der Waals surface area contributed by atoms with Crippen molar-refractivity contribution in [2.24, 2.45) is 0 Å². The number of piperidine rings is 1. The minimum atomic E-state index is -0.0936. The van der Waals surface area contributed by atoms with E-state index in [1.165, 1.54) is 0 Å². The fourth-order valence-electron chi connectivity index (χ4n) is 4.07. The SMILES string of the molecule is COc1ccc(C(=O)NC2CCCN(CCCOc3ccc4c(c3)OCO4)C2)cc1OC.Cl. The minimum absolute atomic E-state index is 0. The van der Waals surface area contributed by atoms with Gasteiger partial charge in [-0.1, -0.05) is 0 Å². The van der Waals surface area contributed by atoms with Crippen LogP contribution in [0, 0.1) is 0 Å². The summed E-state index contributed by atoms with van der Waals surface area (Å²) in [7, 11) is 3.14. The van der Waals surface area contributed by atoms with Gasteiger partial charge < -0.3 is 33.9 Å². The Morgan fingerprint density at radius 1 is 1.09 bits per heavy atom. The number of rotatable bonds is 9. The molecule has 2 aromatic rings. The second kappa shape index (κ2) is 11.9. The third kappa shape index (κ3) is 6.36. The molecule has 0 radical (unpaired) electrons. The van der Waals surface area contributed by atoms with Crippen LogP contribution in [0.5, 0.6) is 28.7 Å². The normalized spacial score (nSPS) is 17.1. The number of ether oxygens (including phenoxy) is 5. The number of benzene rings is 2. The number of likely N-dealkylation sites (tertiary alicyclic amines) is 1. The van der Waals surface area contributed by atoms with Crippen LogP contribution in [-0.2, 0) is 0 Å². The quantitative estimate of drug-likeness (QED) is 0.552. The third-order valence-electron chi connectivity index (χ3n) is 5.72. The van der Waals surface area contributed by atoms with Crippen molar-refractivity contribution in [3.63, 3.8) is 0 Å². The lowest BCUT2D eigenvalue weighted by Crippen LogP contribution is -2.48. The Morgan fingerprint density at radius 3 is 2.73 bits per heavy atom. The Hall–Kier alpha value is -2.84. The summed E-state index contributed by atoms with van der Waals surface area (Å²) in [5.74, 6) is 3.33. The second-order valence-electron chi connectivity index (χ2n) is 7.90. The van der Waals surface area contributed by atoms with Gasteiger partial charge in [-0.05, 0) is 56.1 Å². The van der Waals surface area contributed by atoms with E-state index in [0.29, 0.717) is 23.7 Å². The standard InChI is InChI=1S/C24H30N2O6.ClH/c1-28-20-8-6-17(13-22(20)29-2)24(27)25-18-5-3-10-26(15-18)11-4-12-30-19-7-9-21-23(14-19)32-16-31-21;/h6-9,13-14,18H,3-5,10-12,15-16H2,1-2H3,(H,25,27);1H. The van der Waals surface area contributed by atoms with E-state index < -0.39 is 0 Å². The first-order valence-electron chi connectivity index (χ1n) is 10.9. The summed E-state index contributed by atoms with van der Waals surface area (Å²) in [5, 5.41) is 3.16. The number of nitrogens with zero attached hydrogens (tertiary/aromatic N) is 1. The van der Waals surface area contributed by atoms with Crippen LogP contribution in [0.25, 0.3) is 0 Å². The molecule has 1 saturated heterocycles. The first-order chi connectivity index (χ1) is 15.7. The Morgan fingerprint density at radius 2 is 1.91 bits per heavy atom. The molecule has 4 rings (SSSR count). The molecule has 2 aromatic carbocycles. The molecule has 0 aromatic heterocycles. The molecule has 180 valence electrons. The van der Waals surface area contributed by atoms with Crippen molar-refractivity contribution < 1.29 is 28.5 Å². The fraction of sp³-hybridized carbons (Fsp3) is 0.458. The van der Waals surface area contributed by atoms with Gasteiger partial charge in [0.1, 0.15) is 5.75 Å². The average molecular weight is 479 g/mol. The molecule has 1 N–H and O–H groups in total. The zero-order valence-electron chi connectivity index (χ0n) is 19.0. The summed E-state index contributed by atoms with van der Waals surface area (Å²) in [6.07, 6.45) is 2.94. The molecule has 33 heavy (non-hydrogen) atoms. The summed E-state index contributed by atoms with van der Waals surface area (Å²) < 4.78 is 27.1. The highest BCUT2D eigenvalue weighted by Crippen LogP contribution is 2.35. The molecule has 8 nitrogen and oxygen atoms in total. The molecule has 1 atom stereocenters. The van der Waals surface area contributed by atoms with Gasteiger partial charge in [0.25, 0.3) is 5.91 Å². The zero-order valence-corrected chi connectivity index (χ0v) is 19.8. The molecule has 0 spiro atoms. The zero-order chi connectivity index (χ0) is 22.3. The van der Waals surface area contributed by atoms with Crippen molar-refractivity contribution in [1.29, 1.82) is 0 Å². The van der Waals surface area contributed by atoms with Gasteiger partial charge in [0.15, 0.2) is 23.0 Å². The summed E-state index contributed by atoms with van der Waals surface area (Å²) in [6, 6.07) is 11.0. The maximum atomic E-state index is 12.7. The number of methoxy groups -OCH3 is 2. The molecule has 0 bridgehead atoms. The average Bonchev–Trinajstić information content (AvgIpc) is 3.29. The molecule has 0 aliphatic carbocycles. The van der Waals surface area contributed by atoms with Crippen molar-refractivity contribution in [1.82, 2.24) is 10.2 Å². The molecular weight excluding hydrogens is 448 g/mol. The molecule has 2 aliphatic rings. The maximum absolute atomic E-state index is 12.7. The van der Waals surface area contributed by atoms with Crippen LogP contribution in [0.3, 0.4) is 0 Å². The highest BCUT2D eigenvalue weighted by Gasteiger charge is 2.22. The van der Waals surface area contributed by atoms with E-state index in [0.717, 1.165) is 56.1 Å². The first kappa shape index (κ1) is 24.8. The fourth-order valence-corrected chi connectivity index (χ4v) is 4.07. The number of carbonyl (C=O) groups excluding carboxylic acids is 1. The van der Waals surface area contributed by atoms with Crippen LogP contribution < -0.4 is 29.0 Å². The van der Waals surface area contributed by atoms with Crippen molar-refractivity contribution in [3.8, 4) is 28.7 Å². The van der Waals surface area contributed by atoms with E-state index >= 15 is 0 Å². The van der Waals surface area contributed by atoms with E-state index in [9.17, 15) is 4.79 Å². The van der Waals surface area contributed by atoms with Crippen LogP contribution in [0.15, 0.2) is 36.4 Å². The lowest BCUT2D eigenvalue weighted by Gasteiger charge is -2.33. The molecule has 2 heterocycles. The maximum Gasteiger partial charge on any atom is 0.251 e. The van der Waals surface area contributed by atoms with Gasteiger partial charge >= 0.3 is 0 Å². The Kier molecular flexibility index (Phi) is 8.91. The molecule has 9 heteroatoms. The molecule has 1 fully saturated rings. The van der Waals surface area contributed by atoms with Gasteiger partial charge in [0, 0.05) is 30.8 Å². The van der Waals surface area contributed by atoms with Crippen LogP contribution >= 0.6 is 12.4 Å². The topological polar surface area (TPSA) is 78.5 Å². The van der Waals surface area contributed by atoms with Gasteiger partial charge in [-0.15, -0.1) is 12.4 Å². The smallest absolute Gasteiger partial charge is 0.251 e. The van der Waals surface area contributed by atoms with E-state index in [2.05, 4.69) is 10.2 Å². The van der Waals surface area contributed by atoms with E-state index in [-0.39, 0.29) is 31.1 Å². The van der Waals surface area contributed by atoms with Gasteiger partial charge in [0.05, 0.1) is 20.8 Å². The van der Waals surface area contributed by atoms with Crippen molar-refractivity contribution in [3.05, 3.63) is 42.0 Å². The number of hydrogen-bond acceptors (Lipinski definition) is 7. The van der Waals surface area contributed by atoms with E-state index in [1.807, 2.05) is 18.2 Å². The van der Waals surface area contributed by atoms with Crippen molar-refractivity contribution in [2.45, 2.75) is 25.3 Å². The van der Waals surface area contributed by atoms with Crippen LogP contribution in [0.2, 0.25) is 0 Å². The Labute approximate surface area is 200 Å². The first-order valence-corrected chi connectivity index (χ1v) is 10.9. The predicted molar refractivity (Wildman–Crippen MR) is 126 cm³/mol. The number of amides is 1. The number of halogens is 1. The van der Waals surface area contributed by atoms with Gasteiger partial charge in [-0.3, -0.25) is 4.79 Å². The highest BCUT2D eigenvalue weighted by atomic mass is 35.5. The van der Waals surface area contributed by atoms with Gasteiger partial charge in [-0.25, -0.2) is 0 Å². The van der Waals surface area contributed by atoms with Crippen LogP contribution in [-0.4, -0.2) is 64.1 Å². The van der Waals surface area contributed by atoms with Gasteiger partial charge in [-0.2, -0.15) is 0 Å². The van der Waals surface area contributed by atoms with E-state index in [4.69, 9.17) is 23.7 Å². The monoisotopic (exact) mass is 478 g/mol. The molecule has 1 unspecified atom stereocenters. The van der Waals surface area contributed by atoms with Gasteiger partial charge in [0.2, 0.25) is 6.79 Å². The third-order valence-corrected chi connectivity index (χ3v) is 5.72. The summed E-state index contributed by atoms with van der Waals surface area (Å²) in [4.78, 5) is 15.1. The second-order valence-corrected chi connectivity index (χ2v) is 7.90. The molecular formula is C24H31ClN2O6. The molecule has 1 amide bonds. The molecule has 2 aliphatic heterocycles. The number of nitrogens with one attached hydrogen (secondary N) is 1. The number of carbonyl (C=O) groups is 1. The summed E-state index contributed by atoms with van der Waals surface area (Å²) >= 11 is 0. The van der Waals surface area contributed by atoms with E-state index in [1.54, 1.807) is 32.4 Å².